The van der Waals surface area contributed by atoms with Crippen LogP contribution < -0.4 is 10.1 Å². The Kier molecular flexibility index (Phi) is 3.27. The van der Waals surface area contributed by atoms with E-state index in [1.165, 1.54) is 25.3 Å². The number of carboxylic acid groups (broad SMARTS) is 1. The Morgan fingerprint density at radius 2 is 2.14 bits per heavy atom. The van der Waals surface area contributed by atoms with E-state index in [1.807, 2.05) is 0 Å². The molecule has 1 aromatic heterocycles. The third kappa shape index (κ3) is 2.09. The van der Waals surface area contributed by atoms with E-state index in [-0.39, 0.29) is 11.2 Å². The lowest BCUT2D eigenvalue weighted by molar-refractivity contribution is -0.148. The molecule has 2 aromatic rings. The molecule has 1 fully saturated rings. The number of carboxylic acids is 1. The van der Waals surface area contributed by atoms with E-state index in [0.717, 1.165) is 6.42 Å². The summed E-state index contributed by atoms with van der Waals surface area (Å²) in [5, 5.41) is 12.2. The van der Waals surface area contributed by atoms with E-state index in [2.05, 4.69) is 10.3 Å². The molecule has 1 saturated carbocycles. The number of hydrogen-bond donors (Lipinski definition) is 3. The zero-order valence-corrected chi connectivity index (χ0v) is 11.9. The van der Waals surface area contributed by atoms with E-state index in [9.17, 15) is 19.1 Å². The maximum absolute atomic E-state index is 13.8. The third-order valence-electron chi connectivity index (χ3n) is 4.14. The average molecular weight is 306 g/mol. The summed E-state index contributed by atoms with van der Waals surface area (Å²) < 4.78 is 18.9. The molecule has 1 aliphatic carbocycles. The Bertz CT molecular complexity index is 764. The Morgan fingerprint density at radius 3 is 2.68 bits per heavy atom. The van der Waals surface area contributed by atoms with Crippen molar-refractivity contribution in [2.45, 2.75) is 24.8 Å². The second-order valence-electron chi connectivity index (χ2n) is 5.42. The van der Waals surface area contributed by atoms with Gasteiger partial charge >= 0.3 is 5.97 Å². The van der Waals surface area contributed by atoms with Gasteiger partial charge in [0.15, 0.2) is 0 Å². The first-order valence-corrected chi connectivity index (χ1v) is 6.88. The molecule has 1 aliphatic rings. The zero-order valence-electron chi connectivity index (χ0n) is 11.9. The minimum atomic E-state index is -1.21. The molecule has 0 atom stereocenters. The highest BCUT2D eigenvalue weighted by atomic mass is 19.1. The van der Waals surface area contributed by atoms with E-state index in [0.29, 0.717) is 24.0 Å². The van der Waals surface area contributed by atoms with Gasteiger partial charge < -0.3 is 20.1 Å². The van der Waals surface area contributed by atoms with Gasteiger partial charge in [-0.05, 0) is 37.5 Å². The molecule has 116 valence electrons. The summed E-state index contributed by atoms with van der Waals surface area (Å²) in [5.41, 5.74) is -0.954. The Hall–Kier alpha value is -2.57. The Morgan fingerprint density at radius 1 is 1.41 bits per heavy atom. The van der Waals surface area contributed by atoms with Crippen molar-refractivity contribution in [3.8, 4) is 5.75 Å². The fourth-order valence-corrected chi connectivity index (χ4v) is 2.67. The monoisotopic (exact) mass is 306 g/mol. The van der Waals surface area contributed by atoms with Crippen LogP contribution in [0.4, 0.5) is 4.39 Å². The number of hydrogen-bond acceptors (Lipinski definition) is 3. The highest BCUT2D eigenvalue weighted by Gasteiger charge is 2.46. The first-order valence-electron chi connectivity index (χ1n) is 6.88. The minimum Gasteiger partial charge on any atom is -0.496 e. The molecule has 0 radical (unpaired) electrons. The van der Waals surface area contributed by atoms with Gasteiger partial charge in [-0.25, -0.2) is 9.18 Å². The molecule has 22 heavy (non-hydrogen) atoms. The fourth-order valence-electron chi connectivity index (χ4n) is 2.67. The van der Waals surface area contributed by atoms with Crippen LogP contribution in [0.25, 0.3) is 10.9 Å². The number of aromatic nitrogens is 1. The predicted molar refractivity (Wildman–Crippen MR) is 76.5 cm³/mol. The van der Waals surface area contributed by atoms with Crippen LogP contribution in [-0.4, -0.2) is 34.6 Å². The maximum Gasteiger partial charge on any atom is 0.329 e. The summed E-state index contributed by atoms with van der Waals surface area (Å²) in [6, 6.07) is 4.17. The fraction of sp³-hybridized carbons (Fsp3) is 0.333. The quantitative estimate of drug-likeness (QED) is 0.806. The molecule has 0 saturated heterocycles. The van der Waals surface area contributed by atoms with Gasteiger partial charge in [0.1, 0.15) is 22.8 Å². The van der Waals surface area contributed by atoms with Crippen LogP contribution in [0.2, 0.25) is 0 Å². The molecular formula is C15H15FN2O4. The number of carbonyl (C=O) groups is 2. The Labute approximate surface area is 125 Å². The number of rotatable bonds is 4. The number of carbonyl (C=O) groups excluding carboxylic acids is 1. The molecule has 0 spiro atoms. The van der Waals surface area contributed by atoms with Crippen LogP contribution in [0.5, 0.6) is 5.75 Å². The van der Waals surface area contributed by atoms with Crippen LogP contribution in [0.1, 0.15) is 29.8 Å². The van der Waals surface area contributed by atoms with Crippen molar-refractivity contribution in [3.63, 3.8) is 0 Å². The third-order valence-corrected chi connectivity index (χ3v) is 4.14. The van der Waals surface area contributed by atoms with Crippen LogP contribution >= 0.6 is 0 Å². The molecule has 1 heterocycles. The lowest BCUT2D eigenvalue weighted by Crippen LogP contribution is -2.59. The topological polar surface area (TPSA) is 91.4 Å². The largest absolute Gasteiger partial charge is 0.496 e. The van der Waals surface area contributed by atoms with Crippen molar-refractivity contribution < 1.29 is 23.8 Å². The number of amides is 1. The SMILES string of the molecule is COc1ccc(F)c2[nH]c(C(=O)NC3(C(=O)O)CCC3)cc12. The highest BCUT2D eigenvalue weighted by molar-refractivity contribution is 6.02. The summed E-state index contributed by atoms with van der Waals surface area (Å²) in [4.78, 5) is 26.2. The van der Waals surface area contributed by atoms with E-state index < -0.39 is 23.2 Å². The predicted octanol–water partition coefficient (Wildman–Crippen LogP) is 2.05. The van der Waals surface area contributed by atoms with Gasteiger partial charge in [-0.3, -0.25) is 4.79 Å². The number of nitrogens with one attached hydrogen (secondary N) is 2. The summed E-state index contributed by atoms with van der Waals surface area (Å²) >= 11 is 0. The van der Waals surface area contributed by atoms with Crippen LogP contribution in [0, 0.1) is 5.82 Å². The molecule has 3 N–H and O–H groups in total. The van der Waals surface area contributed by atoms with Gasteiger partial charge in [-0.2, -0.15) is 0 Å². The van der Waals surface area contributed by atoms with Crippen LogP contribution in [0.15, 0.2) is 18.2 Å². The van der Waals surface area contributed by atoms with Crippen molar-refractivity contribution in [2.24, 2.45) is 0 Å². The van der Waals surface area contributed by atoms with Crippen molar-refractivity contribution in [3.05, 3.63) is 29.7 Å². The van der Waals surface area contributed by atoms with Gasteiger partial charge in [0, 0.05) is 5.39 Å². The molecule has 0 unspecified atom stereocenters. The smallest absolute Gasteiger partial charge is 0.329 e. The molecular weight excluding hydrogens is 291 g/mol. The normalized spacial score (nSPS) is 16.1. The van der Waals surface area contributed by atoms with E-state index in [4.69, 9.17) is 4.74 Å². The summed E-state index contributed by atoms with van der Waals surface area (Å²) in [5.74, 6) is -1.69. The second kappa shape index (κ2) is 5.01. The van der Waals surface area contributed by atoms with Crippen molar-refractivity contribution >= 4 is 22.8 Å². The van der Waals surface area contributed by atoms with Gasteiger partial charge in [0.2, 0.25) is 0 Å². The average Bonchev–Trinajstić information content (AvgIpc) is 2.89. The van der Waals surface area contributed by atoms with Crippen molar-refractivity contribution in [1.29, 1.82) is 0 Å². The van der Waals surface area contributed by atoms with E-state index in [1.54, 1.807) is 0 Å². The highest BCUT2D eigenvalue weighted by Crippen LogP contribution is 2.33. The van der Waals surface area contributed by atoms with Gasteiger partial charge in [-0.1, -0.05) is 0 Å². The molecule has 7 heteroatoms. The second-order valence-corrected chi connectivity index (χ2v) is 5.42. The van der Waals surface area contributed by atoms with Gasteiger partial charge in [-0.15, -0.1) is 0 Å². The molecule has 6 nitrogen and oxygen atoms in total. The number of halogens is 1. The molecule has 1 aromatic carbocycles. The number of benzene rings is 1. The van der Waals surface area contributed by atoms with Crippen molar-refractivity contribution in [1.82, 2.24) is 10.3 Å². The van der Waals surface area contributed by atoms with Gasteiger partial charge in [0.25, 0.3) is 5.91 Å². The molecule has 1 amide bonds. The number of ether oxygens (including phenoxy) is 1. The zero-order chi connectivity index (χ0) is 15.9. The number of fused-ring (bicyclic) bond motifs is 1. The van der Waals surface area contributed by atoms with Crippen molar-refractivity contribution in [2.75, 3.05) is 7.11 Å². The lowest BCUT2D eigenvalue weighted by atomic mass is 9.76. The summed E-state index contributed by atoms with van der Waals surface area (Å²) in [7, 11) is 1.45. The summed E-state index contributed by atoms with van der Waals surface area (Å²) in [6.07, 6.45) is 1.54. The standard InChI is InChI=1S/C15H15FN2O4/c1-22-11-4-3-9(16)12-8(11)7-10(17-12)13(19)18-15(14(20)21)5-2-6-15/h3-4,7,17H,2,5-6H2,1H3,(H,18,19)(H,20,21). The lowest BCUT2D eigenvalue weighted by Gasteiger charge is -2.38. The first kappa shape index (κ1) is 14.4. The Balaban J connectivity index is 1.95. The van der Waals surface area contributed by atoms with E-state index >= 15 is 0 Å². The number of H-pyrrole nitrogens is 1. The molecule has 3 rings (SSSR count). The molecule has 0 bridgehead atoms. The number of methoxy groups -OCH3 is 1. The number of aliphatic carboxylic acids is 1. The van der Waals surface area contributed by atoms with Crippen LogP contribution in [0.3, 0.4) is 0 Å². The van der Waals surface area contributed by atoms with Crippen LogP contribution in [-0.2, 0) is 4.79 Å². The summed E-state index contributed by atoms with van der Waals surface area (Å²) in [6.45, 7) is 0. The molecule has 0 aliphatic heterocycles. The minimum absolute atomic E-state index is 0.103. The maximum atomic E-state index is 13.8. The van der Waals surface area contributed by atoms with Gasteiger partial charge in [0.05, 0.1) is 12.6 Å². The number of aromatic amines is 1. The first-order chi connectivity index (χ1) is 10.5.